The second-order valence-electron chi connectivity index (χ2n) is 9.70. The van der Waals surface area contributed by atoms with Crippen LogP contribution in [0.25, 0.3) is 0 Å². The van der Waals surface area contributed by atoms with Gasteiger partial charge in [-0.1, -0.05) is 12.8 Å². The summed E-state index contributed by atoms with van der Waals surface area (Å²) in [6.07, 6.45) is 1.63. The Balaban J connectivity index is 2.71. The molecule has 0 aromatic heterocycles. The molecule has 8 nitrogen and oxygen atoms in total. The van der Waals surface area contributed by atoms with Crippen LogP contribution in [0.2, 0.25) is 0 Å². The second-order valence-corrected chi connectivity index (χ2v) is 9.70. The molecule has 0 radical (unpaired) electrons. The van der Waals surface area contributed by atoms with Crippen molar-refractivity contribution < 1.29 is 23.9 Å². The van der Waals surface area contributed by atoms with Crippen molar-refractivity contribution in [1.29, 1.82) is 0 Å². The van der Waals surface area contributed by atoms with E-state index in [0.717, 1.165) is 12.8 Å². The zero-order valence-corrected chi connectivity index (χ0v) is 18.2. The van der Waals surface area contributed by atoms with Gasteiger partial charge < -0.3 is 15.4 Å². The molecule has 1 aliphatic rings. The van der Waals surface area contributed by atoms with E-state index in [1.54, 1.807) is 20.8 Å². The van der Waals surface area contributed by atoms with E-state index in [1.165, 1.54) is 6.92 Å². The molecule has 8 heteroatoms. The van der Waals surface area contributed by atoms with Gasteiger partial charge in [-0.3, -0.25) is 19.7 Å². The third kappa shape index (κ3) is 7.86. The molecule has 0 aliphatic heterocycles. The summed E-state index contributed by atoms with van der Waals surface area (Å²) in [6, 6.07) is -0.652. The van der Waals surface area contributed by atoms with E-state index in [9.17, 15) is 19.2 Å². The third-order valence-electron chi connectivity index (χ3n) is 4.39. The number of urea groups is 1. The molecule has 0 saturated heterocycles. The first kappa shape index (κ1) is 23.9. The maximum atomic E-state index is 12.8. The first-order valence-corrected chi connectivity index (χ1v) is 9.79. The number of imide groups is 1. The molecule has 0 spiro atoms. The van der Waals surface area contributed by atoms with Gasteiger partial charge in [-0.25, -0.2) is 4.79 Å². The molecule has 1 aliphatic carbocycles. The number of hydrogen-bond donors (Lipinski definition) is 3. The summed E-state index contributed by atoms with van der Waals surface area (Å²) in [4.78, 5) is 49.2. The molecule has 1 atom stereocenters. The van der Waals surface area contributed by atoms with Crippen molar-refractivity contribution in [2.75, 3.05) is 0 Å². The number of hydrogen-bond acceptors (Lipinski definition) is 5. The summed E-state index contributed by atoms with van der Waals surface area (Å²) in [5, 5.41) is 7.65. The van der Waals surface area contributed by atoms with Gasteiger partial charge >= 0.3 is 12.0 Å². The molecule has 28 heavy (non-hydrogen) atoms. The Bertz CT molecular complexity index is 610. The zero-order valence-electron chi connectivity index (χ0n) is 18.2. The fourth-order valence-corrected chi connectivity index (χ4v) is 3.20. The minimum atomic E-state index is -1.14. The summed E-state index contributed by atoms with van der Waals surface area (Å²) >= 11 is 0. The molecule has 1 unspecified atom stereocenters. The van der Waals surface area contributed by atoms with Crippen LogP contribution in [0.4, 0.5) is 4.79 Å². The maximum absolute atomic E-state index is 12.8. The SMILES string of the molecule is CC(OC(=O)C1(CC(=O)NC(C)(C)C)CCCC1)C(=O)NC(=O)NC(C)(C)C. The molecule has 1 saturated carbocycles. The van der Waals surface area contributed by atoms with Crippen molar-refractivity contribution in [3.63, 3.8) is 0 Å². The molecule has 3 N–H and O–H groups in total. The Hall–Kier alpha value is -2.12. The molecule has 4 amide bonds. The molecular formula is C20H35N3O5. The van der Waals surface area contributed by atoms with Crippen LogP contribution < -0.4 is 16.0 Å². The Morgan fingerprint density at radius 2 is 1.43 bits per heavy atom. The van der Waals surface area contributed by atoms with E-state index in [-0.39, 0.29) is 12.3 Å². The second kappa shape index (κ2) is 8.92. The highest BCUT2D eigenvalue weighted by Crippen LogP contribution is 2.42. The van der Waals surface area contributed by atoms with Gasteiger partial charge in [-0.15, -0.1) is 0 Å². The molecule has 0 bridgehead atoms. The van der Waals surface area contributed by atoms with Gasteiger partial charge in [0.05, 0.1) is 5.41 Å². The van der Waals surface area contributed by atoms with Gasteiger partial charge in [0, 0.05) is 17.5 Å². The van der Waals surface area contributed by atoms with Gasteiger partial charge in [-0.05, 0) is 61.3 Å². The smallest absolute Gasteiger partial charge is 0.321 e. The maximum Gasteiger partial charge on any atom is 0.321 e. The first-order valence-electron chi connectivity index (χ1n) is 9.79. The molecule has 0 aromatic rings. The van der Waals surface area contributed by atoms with Gasteiger partial charge in [-0.2, -0.15) is 0 Å². The Morgan fingerprint density at radius 3 is 1.89 bits per heavy atom. The molecule has 1 fully saturated rings. The first-order chi connectivity index (χ1) is 12.6. The zero-order chi connectivity index (χ0) is 21.8. The highest BCUT2D eigenvalue weighted by Gasteiger charge is 2.45. The van der Waals surface area contributed by atoms with Crippen molar-refractivity contribution in [2.45, 2.75) is 97.8 Å². The summed E-state index contributed by atoms with van der Waals surface area (Å²) in [6.45, 7) is 12.4. The number of rotatable bonds is 5. The van der Waals surface area contributed by atoms with E-state index in [2.05, 4.69) is 16.0 Å². The van der Waals surface area contributed by atoms with Crippen molar-refractivity contribution in [3.8, 4) is 0 Å². The molecular weight excluding hydrogens is 362 g/mol. The minimum absolute atomic E-state index is 0.0297. The van der Waals surface area contributed by atoms with Gasteiger partial charge in [0.1, 0.15) is 0 Å². The van der Waals surface area contributed by atoms with Crippen LogP contribution in [0.1, 0.15) is 80.6 Å². The van der Waals surface area contributed by atoms with Crippen LogP contribution in [0.3, 0.4) is 0 Å². The lowest BCUT2D eigenvalue weighted by molar-refractivity contribution is -0.166. The lowest BCUT2D eigenvalue weighted by Crippen LogP contribution is -2.51. The fraction of sp³-hybridized carbons (Fsp3) is 0.800. The predicted octanol–water partition coefficient (Wildman–Crippen LogP) is 2.41. The van der Waals surface area contributed by atoms with E-state index in [1.807, 2.05) is 20.8 Å². The van der Waals surface area contributed by atoms with Crippen LogP contribution in [0, 0.1) is 5.41 Å². The average Bonchev–Trinajstić information content (AvgIpc) is 2.92. The summed E-state index contributed by atoms with van der Waals surface area (Å²) in [5.41, 5.74) is -1.81. The molecule has 160 valence electrons. The van der Waals surface area contributed by atoms with E-state index in [0.29, 0.717) is 12.8 Å². The third-order valence-corrected chi connectivity index (χ3v) is 4.39. The Labute approximate surface area is 167 Å². The van der Waals surface area contributed by atoms with Crippen molar-refractivity contribution in [2.24, 2.45) is 5.41 Å². The predicted molar refractivity (Wildman–Crippen MR) is 105 cm³/mol. The number of ether oxygens (including phenoxy) is 1. The van der Waals surface area contributed by atoms with Crippen LogP contribution in [0.15, 0.2) is 0 Å². The van der Waals surface area contributed by atoms with Gasteiger partial charge in [0.15, 0.2) is 6.10 Å². The molecule has 1 rings (SSSR count). The van der Waals surface area contributed by atoms with Gasteiger partial charge in [0.2, 0.25) is 5.91 Å². The summed E-state index contributed by atoms with van der Waals surface area (Å²) < 4.78 is 5.35. The number of carbonyl (C=O) groups excluding carboxylic acids is 4. The molecule has 0 aromatic carbocycles. The minimum Gasteiger partial charge on any atom is -0.452 e. The number of carbonyl (C=O) groups is 4. The van der Waals surface area contributed by atoms with Crippen LogP contribution in [-0.2, 0) is 19.1 Å². The monoisotopic (exact) mass is 397 g/mol. The fourth-order valence-electron chi connectivity index (χ4n) is 3.20. The standard InChI is InChI=1S/C20H35N3O5/c1-13(15(25)21-17(27)23-19(5,6)7)28-16(26)20(10-8-9-11-20)12-14(24)22-18(2,3)4/h13H,8-12H2,1-7H3,(H,22,24)(H2,21,23,25,27). The van der Waals surface area contributed by atoms with Crippen molar-refractivity contribution >= 4 is 23.8 Å². The highest BCUT2D eigenvalue weighted by molar-refractivity contribution is 5.97. The normalized spacial score (nSPS) is 17.4. The van der Waals surface area contributed by atoms with Crippen LogP contribution in [-0.4, -0.2) is 41.0 Å². The Morgan fingerprint density at radius 1 is 0.929 bits per heavy atom. The van der Waals surface area contributed by atoms with Crippen LogP contribution in [0.5, 0.6) is 0 Å². The summed E-state index contributed by atoms with van der Waals surface area (Å²) in [7, 11) is 0. The summed E-state index contributed by atoms with van der Waals surface area (Å²) in [5.74, 6) is -1.48. The quantitative estimate of drug-likeness (QED) is 0.617. The number of amides is 4. The lowest BCUT2D eigenvalue weighted by atomic mass is 9.82. The van der Waals surface area contributed by atoms with Crippen LogP contribution >= 0.6 is 0 Å². The number of nitrogens with one attached hydrogen (secondary N) is 3. The van der Waals surface area contributed by atoms with E-state index in [4.69, 9.17) is 4.74 Å². The Kier molecular flexibility index (Phi) is 7.62. The van der Waals surface area contributed by atoms with E-state index < -0.39 is 40.5 Å². The average molecular weight is 398 g/mol. The van der Waals surface area contributed by atoms with E-state index >= 15 is 0 Å². The lowest BCUT2D eigenvalue weighted by Gasteiger charge is -2.29. The van der Waals surface area contributed by atoms with Gasteiger partial charge in [0.25, 0.3) is 5.91 Å². The largest absolute Gasteiger partial charge is 0.452 e. The topological polar surface area (TPSA) is 114 Å². The van der Waals surface area contributed by atoms with Crippen molar-refractivity contribution in [3.05, 3.63) is 0 Å². The van der Waals surface area contributed by atoms with Crippen molar-refractivity contribution in [1.82, 2.24) is 16.0 Å². The molecule has 0 heterocycles. The highest BCUT2D eigenvalue weighted by atomic mass is 16.5. The number of esters is 1.